The van der Waals surface area contributed by atoms with E-state index in [1.807, 2.05) is 12.1 Å². The Hall–Kier alpha value is -2.24. The van der Waals surface area contributed by atoms with Crippen LogP contribution in [-0.2, 0) is 0 Å². The Kier molecular flexibility index (Phi) is 4.33. The van der Waals surface area contributed by atoms with Crippen molar-refractivity contribution in [3.05, 3.63) is 28.8 Å². The smallest absolute Gasteiger partial charge is 0.257 e. The van der Waals surface area contributed by atoms with Crippen LogP contribution in [0.4, 0.5) is 5.69 Å². The Bertz CT molecular complexity index is 499. The minimum Gasteiger partial charge on any atom is -0.398 e. The Morgan fingerprint density at radius 3 is 2.41 bits per heavy atom. The molecule has 0 saturated carbocycles. The first-order valence-corrected chi connectivity index (χ1v) is 5.06. The summed E-state index contributed by atoms with van der Waals surface area (Å²) in [5, 5.41) is 17.6. The van der Waals surface area contributed by atoms with E-state index in [9.17, 15) is 4.79 Å². The number of nitriles is 2. The fourth-order valence-corrected chi connectivity index (χ4v) is 1.45. The van der Waals surface area contributed by atoms with Crippen molar-refractivity contribution in [2.24, 2.45) is 0 Å². The van der Waals surface area contributed by atoms with Gasteiger partial charge >= 0.3 is 0 Å². The molecule has 0 unspecified atom stereocenters. The van der Waals surface area contributed by atoms with Crippen molar-refractivity contribution in [3.8, 4) is 12.1 Å². The van der Waals surface area contributed by atoms with Gasteiger partial charge in [0.1, 0.15) is 13.1 Å². The summed E-state index contributed by atoms with van der Waals surface area (Å²) in [6, 6.07) is 8.10. The van der Waals surface area contributed by atoms with E-state index < -0.39 is 5.91 Å². The second kappa shape index (κ2) is 5.74. The Labute approximate surface area is 104 Å². The van der Waals surface area contributed by atoms with Crippen LogP contribution < -0.4 is 5.73 Å². The number of halogens is 1. The van der Waals surface area contributed by atoms with Gasteiger partial charge < -0.3 is 10.6 Å². The van der Waals surface area contributed by atoms with E-state index in [4.69, 9.17) is 27.9 Å². The van der Waals surface area contributed by atoms with Gasteiger partial charge in [-0.05, 0) is 18.2 Å². The third-order valence-corrected chi connectivity index (χ3v) is 2.29. The number of nitrogen functional groups attached to an aromatic ring is 1. The van der Waals surface area contributed by atoms with Gasteiger partial charge in [0.05, 0.1) is 17.7 Å². The third-order valence-electron chi connectivity index (χ3n) is 2.05. The van der Waals surface area contributed by atoms with Gasteiger partial charge in [-0.1, -0.05) is 11.6 Å². The molecule has 5 nitrogen and oxygen atoms in total. The summed E-state index contributed by atoms with van der Waals surface area (Å²) in [5.41, 5.74) is 6.12. The minimum absolute atomic E-state index is 0.158. The second-order valence-corrected chi connectivity index (χ2v) is 3.65. The van der Waals surface area contributed by atoms with E-state index in [1.165, 1.54) is 18.2 Å². The van der Waals surface area contributed by atoms with Crippen molar-refractivity contribution in [1.29, 1.82) is 10.5 Å². The van der Waals surface area contributed by atoms with E-state index >= 15 is 0 Å². The van der Waals surface area contributed by atoms with Gasteiger partial charge in [-0.3, -0.25) is 4.79 Å². The lowest BCUT2D eigenvalue weighted by molar-refractivity contribution is 0.0796. The van der Waals surface area contributed by atoms with Crippen molar-refractivity contribution in [3.63, 3.8) is 0 Å². The first-order chi connectivity index (χ1) is 8.10. The molecular formula is C11H9ClN4O. The van der Waals surface area contributed by atoms with Gasteiger partial charge in [-0.25, -0.2) is 0 Å². The molecule has 0 heterocycles. The summed E-state index contributed by atoms with van der Waals surface area (Å²) in [6.07, 6.45) is 0. The molecule has 6 heteroatoms. The van der Waals surface area contributed by atoms with Crippen LogP contribution in [-0.4, -0.2) is 23.9 Å². The molecule has 0 bridgehead atoms. The Balaban J connectivity index is 3.02. The molecular weight excluding hydrogens is 240 g/mol. The molecule has 0 radical (unpaired) electrons. The number of carbonyl (C=O) groups excluding carboxylic acids is 1. The molecule has 0 aromatic heterocycles. The number of amides is 1. The standard InChI is InChI=1S/C11H9ClN4O/c12-8-1-2-9(10(15)7-8)11(17)16(5-3-13)6-4-14/h1-2,7H,5-6,15H2. The van der Waals surface area contributed by atoms with E-state index in [0.717, 1.165) is 4.90 Å². The summed E-state index contributed by atoms with van der Waals surface area (Å²) in [5.74, 6) is -0.456. The van der Waals surface area contributed by atoms with Gasteiger partial charge in [0, 0.05) is 10.7 Å². The first-order valence-electron chi connectivity index (χ1n) is 4.68. The quantitative estimate of drug-likeness (QED) is 0.646. The predicted octanol–water partition coefficient (Wildman–Crippen LogP) is 1.41. The van der Waals surface area contributed by atoms with Crippen molar-refractivity contribution in [2.45, 2.75) is 0 Å². The molecule has 0 fully saturated rings. The molecule has 1 rings (SSSR count). The molecule has 2 N–H and O–H groups in total. The zero-order chi connectivity index (χ0) is 12.8. The highest BCUT2D eigenvalue weighted by molar-refractivity contribution is 6.31. The number of hydrogen-bond acceptors (Lipinski definition) is 4. The molecule has 0 aliphatic rings. The monoisotopic (exact) mass is 248 g/mol. The van der Waals surface area contributed by atoms with Crippen LogP contribution in [0.15, 0.2) is 18.2 Å². The largest absolute Gasteiger partial charge is 0.398 e. The summed E-state index contributed by atoms with van der Waals surface area (Å²) in [6.45, 7) is -0.317. The molecule has 86 valence electrons. The molecule has 0 aliphatic carbocycles. The van der Waals surface area contributed by atoms with Crippen molar-refractivity contribution < 1.29 is 4.79 Å². The minimum atomic E-state index is -0.456. The van der Waals surface area contributed by atoms with Gasteiger partial charge in [-0.15, -0.1) is 0 Å². The van der Waals surface area contributed by atoms with Crippen molar-refractivity contribution >= 4 is 23.2 Å². The van der Waals surface area contributed by atoms with E-state index in [2.05, 4.69) is 0 Å². The topological polar surface area (TPSA) is 93.9 Å². The lowest BCUT2D eigenvalue weighted by Crippen LogP contribution is -2.32. The highest BCUT2D eigenvalue weighted by atomic mass is 35.5. The number of nitrogens with zero attached hydrogens (tertiary/aromatic N) is 3. The second-order valence-electron chi connectivity index (χ2n) is 3.21. The van der Waals surface area contributed by atoms with E-state index in [-0.39, 0.29) is 24.3 Å². The number of nitrogens with two attached hydrogens (primary N) is 1. The number of benzene rings is 1. The highest BCUT2D eigenvalue weighted by Gasteiger charge is 2.17. The van der Waals surface area contributed by atoms with Crippen LogP contribution in [0.5, 0.6) is 0 Å². The van der Waals surface area contributed by atoms with Crippen molar-refractivity contribution in [1.82, 2.24) is 4.90 Å². The molecule has 1 amide bonds. The molecule has 0 saturated heterocycles. The molecule has 17 heavy (non-hydrogen) atoms. The zero-order valence-corrected chi connectivity index (χ0v) is 9.61. The van der Waals surface area contributed by atoms with Crippen LogP contribution in [0.25, 0.3) is 0 Å². The summed E-state index contributed by atoms with van der Waals surface area (Å²) >= 11 is 5.71. The average Bonchev–Trinajstić information content (AvgIpc) is 2.28. The van der Waals surface area contributed by atoms with E-state index in [1.54, 1.807) is 0 Å². The fourth-order valence-electron chi connectivity index (χ4n) is 1.27. The van der Waals surface area contributed by atoms with Crippen molar-refractivity contribution in [2.75, 3.05) is 18.8 Å². The Morgan fingerprint density at radius 1 is 1.35 bits per heavy atom. The number of hydrogen-bond donors (Lipinski definition) is 1. The highest BCUT2D eigenvalue weighted by Crippen LogP contribution is 2.19. The summed E-state index contributed by atoms with van der Waals surface area (Å²) in [4.78, 5) is 13.1. The summed E-state index contributed by atoms with van der Waals surface area (Å²) in [7, 11) is 0. The zero-order valence-electron chi connectivity index (χ0n) is 8.85. The van der Waals surface area contributed by atoms with Gasteiger partial charge in [0.25, 0.3) is 5.91 Å². The van der Waals surface area contributed by atoms with Crippen LogP contribution in [0, 0.1) is 22.7 Å². The van der Waals surface area contributed by atoms with Crippen LogP contribution in [0.3, 0.4) is 0 Å². The van der Waals surface area contributed by atoms with Crippen LogP contribution in [0.1, 0.15) is 10.4 Å². The van der Waals surface area contributed by atoms with Crippen LogP contribution >= 0.6 is 11.6 Å². The normalized spacial score (nSPS) is 9.12. The fraction of sp³-hybridized carbons (Fsp3) is 0.182. The van der Waals surface area contributed by atoms with Gasteiger partial charge in [0.2, 0.25) is 0 Å². The predicted molar refractivity (Wildman–Crippen MR) is 63.0 cm³/mol. The van der Waals surface area contributed by atoms with Crippen LogP contribution in [0.2, 0.25) is 5.02 Å². The molecule has 0 atom stereocenters. The van der Waals surface area contributed by atoms with Gasteiger partial charge in [0.15, 0.2) is 0 Å². The van der Waals surface area contributed by atoms with E-state index in [0.29, 0.717) is 5.02 Å². The number of anilines is 1. The lowest BCUT2D eigenvalue weighted by Gasteiger charge is -2.16. The number of carbonyl (C=O) groups is 1. The molecule has 0 aliphatic heterocycles. The maximum absolute atomic E-state index is 12.0. The molecule has 0 spiro atoms. The average molecular weight is 249 g/mol. The molecule has 1 aromatic rings. The lowest BCUT2D eigenvalue weighted by atomic mass is 10.1. The first kappa shape index (κ1) is 12.8. The Morgan fingerprint density at radius 2 is 1.94 bits per heavy atom. The summed E-state index contributed by atoms with van der Waals surface area (Å²) < 4.78 is 0. The third kappa shape index (κ3) is 3.10. The van der Waals surface area contributed by atoms with Gasteiger partial charge in [-0.2, -0.15) is 10.5 Å². The maximum Gasteiger partial charge on any atom is 0.257 e. The number of rotatable bonds is 3. The molecule has 1 aromatic carbocycles. The SMILES string of the molecule is N#CCN(CC#N)C(=O)c1ccc(Cl)cc1N. The maximum atomic E-state index is 12.0.